The lowest BCUT2D eigenvalue weighted by molar-refractivity contribution is 0.109. The zero-order valence-electron chi connectivity index (χ0n) is 11.4. The van der Waals surface area contributed by atoms with Crippen molar-refractivity contribution in [2.45, 2.75) is 13.0 Å². The highest BCUT2D eigenvalue weighted by Gasteiger charge is 2.20. The molecule has 2 aromatic heterocycles. The maximum absolute atomic E-state index is 13.3. The Balaban J connectivity index is 1.85. The van der Waals surface area contributed by atoms with Crippen LogP contribution >= 0.6 is 11.6 Å². The summed E-state index contributed by atoms with van der Waals surface area (Å²) in [5, 5.41) is 7.45. The number of hydrogen-bond acceptors (Lipinski definition) is 5. The zero-order chi connectivity index (χ0) is 15.1. The van der Waals surface area contributed by atoms with Crippen LogP contribution in [0.4, 0.5) is 15.9 Å². The predicted octanol–water partition coefficient (Wildman–Crippen LogP) is 2.73. The predicted molar refractivity (Wildman–Crippen MR) is 78.8 cm³/mol. The first-order valence-corrected chi connectivity index (χ1v) is 7.11. The van der Waals surface area contributed by atoms with Crippen molar-refractivity contribution in [3.05, 3.63) is 46.6 Å². The van der Waals surface area contributed by atoms with E-state index in [1.807, 2.05) is 0 Å². The molecule has 8 heteroatoms. The van der Waals surface area contributed by atoms with Gasteiger partial charge in [0.25, 0.3) is 5.78 Å². The highest BCUT2D eigenvalue weighted by Crippen LogP contribution is 2.28. The minimum absolute atomic E-state index is 0.0546. The lowest BCUT2D eigenvalue weighted by Gasteiger charge is -2.20. The van der Waals surface area contributed by atoms with Gasteiger partial charge in [-0.2, -0.15) is 14.6 Å². The van der Waals surface area contributed by atoms with E-state index in [4.69, 9.17) is 16.3 Å². The quantitative estimate of drug-likeness (QED) is 0.787. The molecule has 0 atom stereocenters. The Bertz CT molecular complexity index is 866. The van der Waals surface area contributed by atoms with Crippen molar-refractivity contribution in [3.63, 3.8) is 0 Å². The Morgan fingerprint density at radius 2 is 2.27 bits per heavy atom. The highest BCUT2D eigenvalue weighted by molar-refractivity contribution is 6.31. The molecule has 1 aliphatic heterocycles. The van der Waals surface area contributed by atoms with Gasteiger partial charge in [-0.05, 0) is 18.2 Å². The lowest BCUT2D eigenvalue weighted by Crippen LogP contribution is -2.17. The topological polar surface area (TPSA) is 64.3 Å². The van der Waals surface area contributed by atoms with Gasteiger partial charge >= 0.3 is 0 Å². The summed E-state index contributed by atoms with van der Waals surface area (Å²) in [6, 6.07) is 4.45. The van der Waals surface area contributed by atoms with Crippen LogP contribution in [0.5, 0.6) is 0 Å². The van der Waals surface area contributed by atoms with E-state index in [-0.39, 0.29) is 5.02 Å². The van der Waals surface area contributed by atoms with E-state index in [1.54, 1.807) is 10.6 Å². The molecule has 3 heterocycles. The molecule has 6 nitrogen and oxygen atoms in total. The molecule has 4 rings (SSSR count). The maximum Gasteiger partial charge on any atom is 0.254 e. The Labute approximate surface area is 129 Å². The first-order valence-electron chi connectivity index (χ1n) is 6.73. The van der Waals surface area contributed by atoms with Gasteiger partial charge in [0, 0.05) is 17.7 Å². The minimum atomic E-state index is -0.460. The maximum atomic E-state index is 13.3. The van der Waals surface area contributed by atoms with E-state index in [9.17, 15) is 4.39 Å². The fraction of sp³-hybridized carbons (Fsp3) is 0.214. The second-order valence-corrected chi connectivity index (χ2v) is 5.32. The van der Waals surface area contributed by atoms with Crippen molar-refractivity contribution < 1.29 is 9.13 Å². The second kappa shape index (κ2) is 5.19. The molecule has 0 saturated carbocycles. The van der Waals surface area contributed by atoms with Gasteiger partial charge in [-0.3, -0.25) is 0 Å². The first kappa shape index (κ1) is 13.4. The summed E-state index contributed by atoms with van der Waals surface area (Å²) in [5.74, 6) is 0.759. The van der Waals surface area contributed by atoms with Crippen molar-refractivity contribution in [3.8, 4) is 0 Å². The van der Waals surface area contributed by atoms with Gasteiger partial charge < -0.3 is 10.1 Å². The van der Waals surface area contributed by atoms with Crippen molar-refractivity contribution in [2.24, 2.45) is 0 Å². The van der Waals surface area contributed by atoms with E-state index < -0.39 is 5.82 Å². The van der Waals surface area contributed by atoms with Gasteiger partial charge in [0.1, 0.15) is 18.0 Å². The fourth-order valence-corrected chi connectivity index (χ4v) is 2.64. The summed E-state index contributed by atoms with van der Waals surface area (Å²) in [6.45, 7) is 1.07. The summed E-state index contributed by atoms with van der Waals surface area (Å²) in [6.07, 6.45) is 2.16. The van der Waals surface area contributed by atoms with Gasteiger partial charge in [-0.15, -0.1) is 0 Å². The number of nitrogens with zero attached hydrogens (tertiary/aromatic N) is 4. The van der Waals surface area contributed by atoms with E-state index in [2.05, 4.69) is 20.4 Å². The Hall–Kier alpha value is -2.25. The van der Waals surface area contributed by atoms with Crippen LogP contribution in [0.25, 0.3) is 5.78 Å². The molecule has 1 N–H and O–H groups in total. The second-order valence-electron chi connectivity index (χ2n) is 4.91. The molecular formula is C14H11ClFN5O. The van der Waals surface area contributed by atoms with Crippen molar-refractivity contribution in [1.29, 1.82) is 0 Å². The first-order chi connectivity index (χ1) is 10.7. The van der Waals surface area contributed by atoms with Crippen molar-refractivity contribution in [2.75, 3.05) is 11.9 Å². The smallest absolute Gasteiger partial charge is 0.254 e. The summed E-state index contributed by atoms with van der Waals surface area (Å²) in [7, 11) is 0. The third-order valence-corrected chi connectivity index (χ3v) is 3.81. The highest BCUT2D eigenvalue weighted by atomic mass is 35.5. The van der Waals surface area contributed by atoms with Crippen LogP contribution in [0.15, 0.2) is 24.5 Å². The average Bonchev–Trinajstić information content (AvgIpc) is 2.99. The van der Waals surface area contributed by atoms with Crippen LogP contribution in [0, 0.1) is 5.82 Å². The largest absolute Gasteiger partial charge is 0.376 e. The molecule has 0 fully saturated rings. The normalized spacial score (nSPS) is 14.1. The summed E-state index contributed by atoms with van der Waals surface area (Å²) in [5.41, 5.74) is 2.51. The summed E-state index contributed by atoms with van der Waals surface area (Å²) >= 11 is 5.83. The third kappa shape index (κ3) is 2.18. The third-order valence-electron chi connectivity index (χ3n) is 3.52. The van der Waals surface area contributed by atoms with Gasteiger partial charge in [-0.25, -0.2) is 9.37 Å². The number of rotatable bonds is 2. The molecule has 1 aromatic carbocycles. The van der Waals surface area contributed by atoms with E-state index in [1.165, 1.54) is 18.5 Å². The molecule has 112 valence electrons. The van der Waals surface area contributed by atoms with Gasteiger partial charge in [0.15, 0.2) is 0 Å². The number of aromatic nitrogens is 4. The van der Waals surface area contributed by atoms with Crippen LogP contribution < -0.4 is 5.32 Å². The van der Waals surface area contributed by atoms with E-state index in [0.29, 0.717) is 30.5 Å². The van der Waals surface area contributed by atoms with Gasteiger partial charge in [0.2, 0.25) is 0 Å². The molecule has 0 unspecified atom stereocenters. The molecule has 1 aliphatic rings. The summed E-state index contributed by atoms with van der Waals surface area (Å²) < 4.78 is 20.4. The molecule has 0 spiro atoms. The molecular weight excluding hydrogens is 309 g/mol. The molecule has 0 amide bonds. The van der Waals surface area contributed by atoms with Crippen molar-refractivity contribution in [1.82, 2.24) is 19.6 Å². The Morgan fingerprint density at radius 3 is 3.14 bits per heavy atom. The Kier molecular flexibility index (Phi) is 3.16. The molecule has 0 aliphatic carbocycles. The molecule has 0 saturated heterocycles. The molecule has 0 radical (unpaired) electrons. The molecule has 3 aromatic rings. The minimum Gasteiger partial charge on any atom is -0.376 e. The monoisotopic (exact) mass is 319 g/mol. The summed E-state index contributed by atoms with van der Waals surface area (Å²) in [4.78, 5) is 8.63. The number of benzene rings is 1. The van der Waals surface area contributed by atoms with E-state index in [0.717, 1.165) is 17.7 Å². The van der Waals surface area contributed by atoms with Gasteiger partial charge in [0.05, 0.1) is 23.9 Å². The molecule has 22 heavy (non-hydrogen) atoms. The van der Waals surface area contributed by atoms with Crippen molar-refractivity contribution >= 4 is 28.9 Å². The van der Waals surface area contributed by atoms with Gasteiger partial charge in [-0.1, -0.05) is 11.6 Å². The number of fused-ring (bicyclic) bond motifs is 2. The van der Waals surface area contributed by atoms with Crippen LogP contribution in [0.1, 0.15) is 11.3 Å². The lowest BCUT2D eigenvalue weighted by atomic mass is 10.1. The number of halogens is 2. The average molecular weight is 320 g/mol. The fourth-order valence-electron chi connectivity index (χ4n) is 2.46. The van der Waals surface area contributed by atoms with Crippen LogP contribution in [0.3, 0.4) is 0 Å². The molecule has 0 bridgehead atoms. The Morgan fingerprint density at radius 1 is 1.36 bits per heavy atom. The number of hydrogen-bond donors (Lipinski definition) is 1. The number of anilines is 2. The number of ether oxygens (including phenoxy) is 1. The van der Waals surface area contributed by atoms with E-state index >= 15 is 0 Å². The van der Waals surface area contributed by atoms with Crippen LogP contribution in [0.2, 0.25) is 5.02 Å². The number of nitrogens with one attached hydrogen (secondary N) is 1. The SMILES string of the molecule is Fc1ccc(Nc2c3c(nc4ncnn24)CCOC3)cc1Cl. The standard InChI is InChI=1S/C14H11ClFN5O/c15-10-5-8(1-2-11(10)16)19-13-9-6-22-4-3-12(9)20-14-17-7-18-21(13)14/h1-2,5,7,19H,3-4,6H2. The van der Waals surface area contributed by atoms with Crippen LogP contribution in [-0.4, -0.2) is 26.2 Å². The van der Waals surface area contributed by atoms with Crippen LogP contribution in [-0.2, 0) is 17.8 Å². The zero-order valence-corrected chi connectivity index (χ0v) is 12.1.